The molecule has 0 saturated heterocycles. The Bertz CT molecular complexity index is 612. The van der Waals surface area contributed by atoms with E-state index in [1.54, 1.807) is 0 Å². The van der Waals surface area contributed by atoms with Crippen LogP contribution in [0.2, 0.25) is 0 Å². The predicted octanol–water partition coefficient (Wildman–Crippen LogP) is 3.07. The van der Waals surface area contributed by atoms with E-state index in [9.17, 15) is 4.79 Å². The van der Waals surface area contributed by atoms with Gasteiger partial charge in [-0.1, -0.05) is 18.2 Å². The van der Waals surface area contributed by atoms with Crippen LogP contribution >= 0.6 is 0 Å². The molecule has 0 radical (unpaired) electrons. The number of fused-ring (bicyclic) bond motifs is 3. The van der Waals surface area contributed by atoms with Crippen molar-refractivity contribution >= 4 is 16.9 Å². The molecule has 1 aliphatic rings. The van der Waals surface area contributed by atoms with Crippen LogP contribution in [0.3, 0.4) is 0 Å². The van der Waals surface area contributed by atoms with Crippen molar-refractivity contribution in [3.8, 4) is 0 Å². The number of carboxylic acids is 1. The van der Waals surface area contributed by atoms with Crippen LogP contribution in [0.1, 0.15) is 36.4 Å². The Morgan fingerprint density at radius 2 is 2.22 bits per heavy atom. The third-order valence-electron chi connectivity index (χ3n) is 4.05. The van der Waals surface area contributed by atoms with Crippen molar-refractivity contribution in [1.29, 1.82) is 0 Å². The molecular weight excluding hydrogens is 226 g/mol. The second-order valence-corrected chi connectivity index (χ2v) is 5.13. The largest absolute Gasteiger partial charge is 0.481 e. The molecule has 1 N–H and O–H groups in total. The van der Waals surface area contributed by atoms with Crippen LogP contribution in [-0.2, 0) is 18.3 Å². The van der Waals surface area contributed by atoms with Gasteiger partial charge in [0.25, 0.3) is 0 Å². The molecule has 1 aliphatic carbocycles. The number of nitrogens with zero attached hydrogens (tertiary/aromatic N) is 1. The summed E-state index contributed by atoms with van der Waals surface area (Å²) in [4.78, 5) is 11.0. The van der Waals surface area contributed by atoms with Gasteiger partial charge in [0.1, 0.15) is 0 Å². The topological polar surface area (TPSA) is 42.2 Å². The molecule has 1 atom stereocenters. The Hall–Kier alpha value is -1.77. The van der Waals surface area contributed by atoms with E-state index in [0.29, 0.717) is 0 Å². The average Bonchev–Trinajstić information content (AvgIpc) is 2.65. The zero-order valence-corrected chi connectivity index (χ0v) is 10.5. The quantitative estimate of drug-likeness (QED) is 0.880. The average molecular weight is 243 g/mol. The van der Waals surface area contributed by atoms with Gasteiger partial charge >= 0.3 is 5.97 Å². The lowest BCUT2D eigenvalue weighted by molar-refractivity contribution is -0.137. The first kappa shape index (κ1) is 11.3. The molecule has 2 aromatic rings. The highest BCUT2D eigenvalue weighted by atomic mass is 16.4. The number of benzene rings is 1. The van der Waals surface area contributed by atoms with E-state index in [2.05, 4.69) is 29.8 Å². The molecule has 3 nitrogen and oxygen atoms in total. The number of hydrogen-bond acceptors (Lipinski definition) is 1. The third-order valence-corrected chi connectivity index (χ3v) is 4.05. The maximum atomic E-state index is 11.0. The normalized spacial score (nSPS) is 18.8. The summed E-state index contributed by atoms with van der Waals surface area (Å²) in [6.07, 6.45) is 3.41. The number of aliphatic carboxylic acids is 1. The zero-order chi connectivity index (χ0) is 12.7. The fourth-order valence-corrected chi connectivity index (χ4v) is 3.35. The molecule has 18 heavy (non-hydrogen) atoms. The van der Waals surface area contributed by atoms with Crippen molar-refractivity contribution in [3.63, 3.8) is 0 Å². The maximum absolute atomic E-state index is 11.0. The summed E-state index contributed by atoms with van der Waals surface area (Å²) in [6, 6.07) is 8.37. The molecule has 1 aromatic carbocycles. The molecule has 3 heteroatoms. The molecule has 0 fully saturated rings. The molecule has 3 rings (SSSR count). The summed E-state index contributed by atoms with van der Waals surface area (Å²) < 4.78 is 2.19. The van der Waals surface area contributed by atoms with Gasteiger partial charge in [-0.25, -0.2) is 0 Å². The lowest BCUT2D eigenvalue weighted by atomic mass is 9.85. The van der Waals surface area contributed by atoms with Gasteiger partial charge in [0.05, 0.1) is 6.42 Å². The van der Waals surface area contributed by atoms with Gasteiger partial charge < -0.3 is 9.67 Å². The van der Waals surface area contributed by atoms with Gasteiger partial charge in [-0.3, -0.25) is 4.79 Å². The van der Waals surface area contributed by atoms with Crippen molar-refractivity contribution in [3.05, 3.63) is 35.5 Å². The van der Waals surface area contributed by atoms with Crippen LogP contribution in [0.5, 0.6) is 0 Å². The lowest BCUT2D eigenvalue weighted by Gasteiger charge is -2.23. The first-order valence-corrected chi connectivity index (χ1v) is 6.46. The van der Waals surface area contributed by atoms with Crippen molar-refractivity contribution in [2.24, 2.45) is 7.05 Å². The number of aromatic nitrogens is 1. The Balaban J connectivity index is 2.19. The molecule has 0 aliphatic heterocycles. The summed E-state index contributed by atoms with van der Waals surface area (Å²) in [5.41, 5.74) is 3.83. The molecule has 0 bridgehead atoms. The third kappa shape index (κ3) is 1.62. The molecule has 1 aromatic heterocycles. The van der Waals surface area contributed by atoms with E-state index in [0.717, 1.165) is 19.3 Å². The van der Waals surface area contributed by atoms with E-state index in [-0.39, 0.29) is 12.3 Å². The van der Waals surface area contributed by atoms with E-state index in [4.69, 9.17) is 5.11 Å². The number of carboxylic acid groups (broad SMARTS) is 1. The van der Waals surface area contributed by atoms with Crippen LogP contribution < -0.4 is 0 Å². The summed E-state index contributed by atoms with van der Waals surface area (Å²) in [7, 11) is 2.06. The highest BCUT2D eigenvalue weighted by molar-refractivity contribution is 5.86. The van der Waals surface area contributed by atoms with Crippen molar-refractivity contribution in [1.82, 2.24) is 4.57 Å². The SMILES string of the molecule is Cn1c2c(c3ccccc31)CCCC2CC(=O)O. The zero-order valence-electron chi connectivity index (χ0n) is 10.5. The van der Waals surface area contributed by atoms with Gasteiger partial charge in [-0.15, -0.1) is 0 Å². The van der Waals surface area contributed by atoms with E-state index >= 15 is 0 Å². The van der Waals surface area contributed by atoms with Gasteiger partial charge in [-0.05, 0) is 30.9 Å². The molecule has 0 saturated carbocycles. The smallest absolute Gasteiger partial charge is 0.304 e. The number of hydrogen-bond donors (Lipinski definition) is 1. The van der Waals surface area contributed by atoms with Crippen molar-refractivity contribution in [2.75, 3.05) is 0 Å². The molecule has 1 heterocycles. The van der Waals surface area contributed by atoms with Crippen LogP contribution in [0.15, 0.2) is 24.3 Å². The van der Waals surface area contributed by atoms with Gasteiger partial charge in [-0.2, -0.15) is 0 Å². The minimum Gasteiger partial charge on any atom is -0.481 e. The van der Waals surface area contributed by atoms with Crippen LogP contribution in [0, 0.1) is 0 Å². The highest BCUT2D eigenvalue weighted by Gasteiger charge is 2.27. The molecule has 0 amide bonds. The second kappa shape index (κ2) is 4.16. The fourth-order valence-electron chi connectivity index (χ4n) is 3.35. The Labute approximate surface area is 106 Å². The van der Waals surface area contributed by atoms with Gasteiger partial charge in [0.2, 0.25) is 0 Å². The minimum absolute atomic E-state index is 0.170. The molecule has 0 spiro atoms. The molecule has 1 unspecified atom stereocenters. The number of para-hydroxylation sites is 1. The van der Waals surface area contributed by atoms with E-state index in [1.165, 1.54) is 22.2 Å². The fraction of sp³-hybridized carbons (Fsp3) is 0.400. The first-order chi connectivity index (χ1) is 8.68. The summed E-state index contributed by atoms with van der Waals surface area (Å²) in [5.74, 6) is -0.526. The maximum Gasteiger partial charge on any atom is 0.304 e. The number of aryl methyl sites for hydroxylation is 2. The molecular formula is C15H17NO2. The van der Waals surface area contributed by atoms with Crippen molar-refractivity contribution in [2.45, 2.75) is 31.6 Å². The Kier molecular flexibility index (Phi) is 2.62. The van der Waals surface area contributed by atoms with Gasteiger partial charge in [0.15, 0.2) is 0 Å². The van der Waals surface area contributed by atoms with Crippen LogP contribution in [0.4, 0.5) is 0 Å². The van der Waals surface area contributed by atoms with Gasteiger partial charge in [0, 0.05) is 29.6 Å². The monoisotopic (exact) mass is 243 g/mol. The highest BCUT2D eigenvalue weighted by Crippen LogP contribution is 2.39. The Morgan fingerprint density at radius 3 is 3.00 bits per heavy atom. The van der Waals surface area contributed by atoms with Crippen LogP contribution in [-0.4, -0.2) is 15.6 Å². The lowest BCUT2D eigenvalue weighted by Crippen LogP contribution is -2.15. The minimum atomic E-state index is -0.696. The first-order valence-electron chi connectivity index (χ1n) is 6.46. The number of rotatable bonds is 2. The summed E-state index contributed by atoms with van der Waals surface area (Å²) >= 11 is 0. The Morgan fingerprint density at radius 1 is 1.44 bits per heavy atom. The molecule has 94 valence electrons. The van der Waals surface area contributed by atoms with E-state index < -0.39 is 5.97 Å². The summed E-state index contributed by atoms with van der Waals surface area (Å²) in [5, 5.41) is 10.3. The second-order valence-electron chi connectivity index (χ2n) is 5.13. The van der Waals surface area contributed by atoms with E-state index in [1.807, 2.05) is 6.07 Å². The van der Waals surface area contributed by atoms with Crippen LogP contribution in [0.25, 0.3) is 10.9 Å². The number of carbonyl (C=O) groups is 1. The standard InChI is InChI=1S/C15H17NO2/c1-16-13-8-3-2-6-11(13)12-7-4-5-10(15(12)16)9-14(17)18/h2-3,6,8,10H,4-5,7,9H2,1H3,(H,17,18). The summed E-state index contributed by atoms with van der Waals surface area (Å²) in [6.45, 7) is 0. The van der Waals surface area contributed by atoms with Crippen molar-refractivity contribution < 1.29 is 9.90 Å². The predicted molar refractivity (Wildman–Crippen MR) is 70.9 cm³/mol.